The fourth-order valence-corrected chi connectivity index (χ4v) is 3.89. The lowest BCUT2D eigenvalue weighted by atomic mass is 10.2. The van der Waals surface area contributed by atoms with E-state index in [4.69, 9.17) is 4.42 Å². The molecule has 0 fully saturated rings. The van der Waals surface area contributed by atoms with Gasteiger partial charge in [0, 0.05) is 11.4 Å². The number of fused-ring (bicyclic) bond motifs is 1. The second kappa shape index (κ2) is 6.72. The molecule has 1 atom stereocenters. The molecule has 5 nitrogen and oxygen atoms in total. The van der Waals surface area contributed by atoms with Gasteiger partial charge in [0.05, 0.1) is 9.30 Å². The molecule has 0 saturated heterocycles. The third-order valence-electron chi connectivity index (χ3n) is 3.58. The van der Waals surface area contributed by atoms with Crippen molar-refractivity contribution in [3.8, 4) is 0 Å². The summed E-state index contributed by atoms with van der Waals surface area (Å²) in [5.41, 5.74) is 1.11. The van der Waals surface area contributed by atoms with Crippen molar-refractivity contribution >= 4 is 44.3 Å². The van der Waals surface area contributed by atoms with Gasteiger partial charge in [-0.2, -0.15) is 0 Å². The highest BCUT2D eigenvalue weighted by atomic mass is 79.9. The number of hydrogen-bond acceptors (Lipinski definition) is 4. The van der Waals surface area contributed by atoms with Gasteiger partial charge in [0.15, 0.2) is 5.58 Å². The summed E-state index contributed by atoms with van der Waals surface area (Å²) in [4.78, 5) is 25.5. The van der Waals surface area contributed by atoms with Crippen molar-refractivity contribution in [1.82, 2.24) is 9.88 Å². The van der Waals surface area contributed by atoms with Crippen LogP contribution in [0.5, 0.6) is 0 Å². The summed E-state index contributed by atoms with van der Waals surface area (Å²) in [7, 11) is 0. The van der Waals surface area contributed by atoms with Gasteiger partial charge in [0.25, 0.3) is 0 Å². The summed E-state index contributed by atoms with van der Waals surface area (Å²) >= 11 is 5.06. The van der Waals surface area contributed by atoms with Crippen LogP contribution in [-0.4, -0.2) is 17.0 Å². The van der Waals surface area contributed by atoms with Crippen LogP contribution in [0.3, 0.4) is 0 Å². The molecule has 0 bridgehead atoms. The van der Waals surface area contributed by atoms with E-state index in [2.05, 4.69) is 21.2 Å². The Bertz CT molecular complexity index is 896. The average molecular weight is 395 g/mol. The summed E-state index contributed by atoms with van der Waals surface area (Å²) in [5.74, 6) is -0.717. The number of carbonyl (C=O) groups excluding carboxylic acids is 1. The number of aromatic nitrogens is 1. The SMILES string of the molecule is CC(C(=O)NCCc1ccc(Br)s1)n1c(=O)oc2ccccc21. The Labute approximate surface area is 145 Å². The number of benzene rings is 1. The Kier molecular flexibility index (Phi) is 4.68. The van der Waals surface area contributed by atoms with Gasteiger partial charge in [-0.05, 0) is 53.5 Å². The fourth-order valence-electron chi connectivity index (χ4n) is 2.41. The molecule has 0 aliphatic rings. The molecule has 1 amide bonds. The van der Waals surface area contributed by atoms with Crippen LogP contribution in [0.4, 0.5) is 0 Å². The minimum absolute atomic E-state index is 0.200. The zero-order valence-corrected chi connectivity index (χ0v) is 14.8. The number of carbonyl (C=O) groups is 1. The van der Waals surface area contributed by atoms with Crippen molar-refractivity contribution in [3.05, 3.63) is 55.6 Å². The second-order valence-corrected chi connectivity index (χ2v) is 7.68. The standard InChI is InChI=1S/C16H15BrN2O3S/c1-10(15(20)18-9-8-11-6-7-14(17)23-11)19-12-4-2-3-5-13(12)22-16(19)21/h2-7,10H,8-9H2,1H3,(H,18,20). The largest absolute Gasteiger partial charge is 0.420 e. The Balaban J connectivity index is 1.69. The molecule has 0 spiro atoms. The first kappa shape index (κ1) is 16.0. The molecule has 1 aromatic carbocycles. The van der Waals surface area contributed by atoms with E-state index in [0.29, 0.717) is 17.6 Å². The number of hydrogen-bond donors (Lipinski definition) is 1. The van der Waals surface area contributed by atoms with Crippen LogP contribution in [0, 0.1) is 0 Å². The molecular weight excluding hydrogens is 380 g/mol. The number of halogens is 1. The molecule has 0 saturated carbocycles. The van der Waals surface area contributed by atoms with E-state index < -0.39 is 11.8 Å². The second-order valence-electron chi connectivity index (χ2n) is 5.13. The van der Waals surface area contributed by atoms with Crippen LogP contribution in [-0.2, 0) is 11.2 Å². The Morgan fingerprint density at radius 1 is 1.35 bits per heavy atom. The first-order valence-corrected chi connectivity index (χ1v) is 8.79. The van der Waals surface area contributed by atoms with Crippen LogP contribution in [0.15, 0.2) is 49.4 Å². The zero-order valence-electron chi connectivity index (χ0n) is 12.4. The first-order chi connectivity index (χ1) is 11.1. The first-order valence-electron chi connectivity index (χ1n) is 7.18. The van der Waals surface area contributed by atoms with Gasteiger partial charge in [-0.1, -0.05) is 12.1 Å². The lowest BCUT2D eigenvalue weighted by molar-refractivity contribution is -0.123. The molecule has 3 rings (SSSR count). The van der Waals surface area contributed by atoms with E-state index in [1.54, 1.807) is 36.5 Å². The Hall–Kier alpha value is -1.86. The van der Waals surface area contributed by atoms with Crippen LogP contribution >= 0.6 is 27.3 Å². The average Bonchev–Trinajstić information content (AvgIpc) is 3.08. The van der Waals surface area contributed by atoms with Gasteiger partial charge < -0.3 is 9.73 Å². The number of rotatable bonds is 5. The quantitative estimate of drug-likeness (QED) is 0.721. The summed E-state index contributed by atoms with van der Waals surface area (Å²) < 4.78 is 7.62. The summed E-state index contributed by atoms with van der Waals surface area (Å²) in [5, 5.41) is 2.87. The summed E-state index contributed by atoms with van der Waals surface area (Å²) in [6, 6.07) is 10.5. The van der Waals surface area contributed by atoms with E-state index in [9.17, 15) is 9.59 Å². The third kappa shape index (κ3) is 3.40. The minimum Gasteiger partial charge on any atom is -0.408 e. The molecule has 0 aliphatic heterocycles. The van der Waals surface area contributed by atoms with E-state index in [1.165, 1.54) is 9.44 Å². The molecule has 2 aromatic heterocycles. The highest BCUT2D eigenvalue weighted by Crippen LogP contribution is 2.22. The molecule has 2 heterocycles. The fraction of sp³-hybridized carbons (Fsp3) is 0.250. The van der Waals surface area contributed by atoms with E-state index in [0.717, 1.165) is 10.2 Å². The van der Waals surface area contributed by atoms with E-state index >= 15 is 0 Å². The van der Waals surface area contributed by atoms with Crippen molar-refractivity contribution in [2.24, 2.45) is 0 Å². The number of para-hydroxylation sites is 2. The van der Waals surface area contributed by atoms with E-state index in [-0.39, 0.29) is 5.91 Å². The Morgan fingerprint density at radius 2 is 2.13 bits per heavy atom. The van der Waals surface area contributed by atoms with E-state index in [1.807, 2.05) is 18.2 Å². The van der Waals surface area contributed by atoms with Crippen LogP contribution < -0.4 is 11.1 Å². The van der Waals surface area contributed by atoms with Crippen molar-refractivity contribution in [2.45, 2.75) is 19.4 Å². The smallest absolute Gasteiger partial charge is 0.408 e. The highest BCUT2D eigenvalue weighted by molar-refractivity contribution is 9.11. The van der Waals surface area contributed by atoms with Crippen molar-refractivity contribution in [1.29, 1.82) is 0 Å². The minimum atomic E-state index is -0.624. The molecular formula is C16H15BrN2O3S. The predicted octanol–water partition coefficient (Wildman–Crippen LogP) is 3.34. The normalized spacial score (nSPS) is 12.4. The molecule has 1 unspecified atom stereocenters. The lowest BCUT2D eigenvalue weighted by Crippen LogP contribution is -2.35. The van der Waals surface area contributed by atoms with Gasteiger partial charge in [0.1, 0.15) is 6.04 Å². The van der Waals surface area contributed by atoms with Gasteiger partial charge in [-0.3, -0.25) is 9.36 Å². The molecule has 7 heteroatoms. The zero-order chi connectivity index (χ0) is 16.4. The summed E-state index contributed by atoms with van der Waals surface area (Å²) in [6.45, 7) is 2.22. The third-order valence-corrected chi connectivity index (χ3v) is 5.27. The summed E-state index contributed by atoms with van der Waals surface area (Å²) in [6.07, 6.45) is 0.760. The maximum atomic E-state index is 12.3. The molecule has 0 aliphatic carbocycles. The molecule has 3 aromatic rings. The lowest BCUT2D eigenvalue weighted by Gasteiger charge is -2.12. The molecule has 0 radical (unpaired) electrons. The van der Waals surface area contributed by atoms with Crippen molar-refractivity contribution in [2.75, 3.05) is 6.54 Å². The highest BCUT2D eigenvalue weighted by Gasteiger charge is 2.20. The molecule has 120 valence electrons. The van der Waals surface area contributed by atoms with Crippen molar-refractivity contribution < 1.29 is 9.21 Å². The van der Waals surface area contributed by atoms with Gasteiger partial charge >= 0.3 is 5.76 Å². The van der Waals surface area contributed by atoms with Gasteiger partial charge in [-0.25, -0.2) is 4.79 Å². The number of nitrogens with zero attached hydrogens (tertiary/aromatic N) is 1. The predicted molar refractivity (Wildman–Crippen MR) is 93.9 cm³/mol. The topological polar surface area (TPSA) is 64.2 Å². The number of oxazole rings is 1. The monoisotopic (exact) mass is 394 g/mol. The van der Waals surface area contributed by atoms with Crippen LogP contribution in [0.25, 0.3) is 11.1 Å². The maximum absolute atomic E-state index is 12.3. The number of thiophene rings is 1. The Morgan fingerprint density at radius 3 is 2.87 bits per heavy atom. The number of amides is 1. The van der Waals surface area contributed by atoms with Gasteiger partial charge in [-0.15, -0.1) is 11.3 Å². The molecule has 1 N–H and O–H groups in total. The van der Waals surface area contributed by atoms with Crippen LogP contribution in [0.1, 0.15) is 17.8 Å². The van der Waals surface area contributed by atoms with Crippen molar-refractivity contribution in [3.63, 3.8) is 0 Å². The number of nitrogens with one attached hydrogen (secondary N) is 1. The van der Waals surface area contributed by atoms with Crippen LogP contribution in [0.2, 0.25) is 0 Å². The van der Waals surface area contributed by atoms with Gasteiger partial charge in [0.2, 0.25) is 5.91 Å². The molecule has 23 heavy (non-hydrogen) atoms. The maximum Gasteiger partial charge on any atom is 0.420 e.